The van der Waals surface area contributed by atoms with Crippen LogP contribution in [0.2, 0.25) is 0 Å². The lowest BCUT2D eigenvalue weighted by Gasteiger charge is -2.49. The number of amides is 1. The van der Waals surface area contributed by atoms with E-state index in [2.05, 4.69) is 20.3 Å². The lowest BCUT2D eigenvalue weighted by Crippen LogP contribution is -2.60. The van der Waals surface area contributed by atoms with E-state index in [0.717, 1.165) is 18.0 Å². The molecule has 1 amide bonds. The number of alkyl halides is 4. The van der Waals surface area contributed by atoms with Crippen LogP contribution in [-0.2, 0) is 16.5 Å². The van der Waals surface area contributed by atoms with Gasteiger partial charge in [0, 0.05) is 17.9 Å². The number of rotatable bonds is 3. The first-order valence-electron chi connectivity index (χ1n) is 9.62. The van der Waals surface area contributed by atoms with Crippen molar-refractivity contribution < 1.29 is 27.1 Å². The first-order valence-corrected chi connectivity index (χ1v) is 10.6. The summed E-state index contributed by atoms with van der Waals surface area (Å²) in [5.74, 6) is -0.642. The maximum absolute atomic E-state index is 16.1. The van der Waals surface area contributed by atoms with Gasteiger partial charge in [0.15, 0.2) is 16.5 Å². The molecular weight excluding hydrogens is 450 g/mol. The summed E-state index contributed by atoms with van der Waals surface area (Å²) in [6, 6.07) is 6.40. The average molecular weight is 469 g/mol. The van der Waals surface area contributed by atoms with Gasteiger partial charge in [-0.25, -0.2) is 19.4 Å². The number of aromatic nitrogens is 2. The Morgan fingerprint density at radius 1 is 1.31 bits per heavy atom. The fourth-order valence-electron chi connectivity index (χ4n) is 3.84. The molecule has 0 radical (unpaired) electrons. The number of anilines is 1. The number of carbonyl (C=O) groups is 1. The van der Waals surface area contributed by atoms with Crippen molar-refractivity contribution in [2.45, 2.75) is 36.8 Å². The second-order valence-electron chi connectivity index (χ2n) is 7.71. The molecule has 1 aromatic heterocycles. The molecule has 0 unspecified atom stereocenters. The van der Waals surface area contributed by atoms with Crippen LogP contribution in [-0.4, -0.2) is 45.2 Å². The van der Waals surface area contributed by atoms with Gasteiger partial charge in [-0.15, -0.1) is 0 Å². The SMILES string of the molecule is C[C@H]1C[C@@]2(F)CSC(N)=N[C@@]2(c2cccc(NC(=O)c3cnc(C(F)(F)F)cn3)c2)CO1. The summed E-state index contributed by atoms with van der Waals surface area (Å²) >= 11 is 1.14. The number of benzene rings is 1. The largest absolute Gasteiger partial charge is 0.434 e. The number of hydrogen-bond donors (Lipinski definition) is 2. The van der Waals surface area contributed by atoms with Crippen molar-refractivity contribution in [1.29, 1.82) is 0 Å². The van der Waals surface area contributed by atoms with E-state index in [1.165, 1.54) is 0 Å². The summed E-state index contributed by atoms with van der Waals surface area (Å²) in [4.78, 5) is 23.7. The highest BCUT2D eigenvalue weighted by Crippen LogP contribution is 2.51. The van der Waals surface area contributed by atoms with Gasteiger partial charge in [-0.2, -0.15) is 13.2 Å². The summed E-state index contributed by atoms with van der Waals surface area (Å²) in [5.41, 5.74) is 2.09. The molecule has 12 heteroatoms. The van der Waals surface area contributed by atoms with Crippen LogP contribution in [0.4, 0.5) is 23.2 Å². The molecule has 3 atom stereocenters. The Morgan fingerprint density at radius 3 is 2.78 bits per heavy atom. The third-order valence-corrected chi connectivity index (χ3v) is 6.44. The van der Waals surface area contributed by atoms with Gasteiger partial charge >= 0.3 is 6.18 Å². The van der Waals surface area contributed by atoms with Crippen molar-refractivity contribution >= 4 is 28.5 Å². The summed E-state index contributed by atoms with van der Waals surface area (Å²) in [6.45, 7) is 1.77. The number of amidine groups is 1. The molecule has 4 rings (SSSR count). The molecule has 0 bridgehead atoms. The van der Waals surface area contributed by atoms with E-state index in [9.17, 15) is 18.0 Å². The first-order chi connectivity index (χ1) is 15.0. The lowest BCUT2D eigenvalue weighted by molar-refractivity contribution is -0.141. The molecule has 2 aliphatic heterocycles. The van der Waals surface area contributed by atoms with E-state index in [0.29, 0.717) is 11.8 Å². The third-order valence-electron chi connectivity index (χ3n) is 5.45. The fourth-order valence-corrected chi connectivity index (χ4v) is 4.80. The van der Waals surface area contributed by atoms with Gasteiger partial charge in [-0.05, 0) is 24.6 Å². The van der Waals surface area contributed by atoms with E-state index < -0.39 is 29.0 Å². The molecule has 3 heterocycles. The number of nitrogens with two attached hydrogens (primary N) is 1. The quantitative estimate of drug-likeness (QED) is 0.667. The number of nitrogens with zero attached hydrogens (tertiary/aromatic N) is 3. The van der Waals surface area contributed by atoms with Crippen LogP contribution < -0.4 is 11.1 Å². The molecule has 3 N–H and O–H groups in total. The smallest absolute Gasteiger partial charge is 0.379 e. The predicted octanol–water partition coefficient (Wildman–Crippen LogP) is 3.52. The molecule has 1 saturated heterocycles. The molecule has 0 aliphatic carbocycles. The predicted molar refractivity (Wildman–Crippen MR) is 111 cm³/mol. The maximum Gasteiger partial charge on any atom is 0.434 e. The van der Waals surface area contributed by atoms with Crippen LogP contribution in [0.25, 0.3) is 0 Å². The van der Waals surface area contributed by atoms with Crippen LogP contribution in [0, 0.1) is 0 Å². The molecule has 0 saturated carbocycles. The van der Waals surface area contributed by atoms with Crippen LogP contribution in [0.15, 0.2) is 41.7 Å². The summed E-state index contributed by atoms with van der Waals surface area (Å²) < 4.78 is 59.8. The van der Waals surface area contributed by atoms with Gasteiger partial charge in [-0.3, -0.25) is 4.79 Å². The molecule has 1 aromatic carbocycles. The Hall–Kier alpha value is -2.73. The van der Waals surface area contributed by atoms with E-state index in [1.807, 2.05) is 0 Å². The summed E-state index contributed by atoms with van der Waals surface area (Å²) in [5, 5.41) is 2.79. The molecule has 1 fully saturated rings. The highest BCUT2D eigenvalue weighted by Gasteiger charge is 2.59. The Kier molecular flexibility index (Phi) is 5.61. The third kappa shape index (κ3) is 4.04. The van der Waals surface area contributed by atoms with Crippen LogP contribution >= 0.6 is 11.8 Å². The Bertz CT molecular complexity index is 1060. The van der Waals surface area contributed by atoms with E-state index in [1.54, 1.807) is 31.2 Å². The highest BCUT2D eigenvalue weighted by molar-refractivity contribution is 8.13. The van der Waals surface area contributed by atoms with Crippen LogP contribution in [0.3, 0.4) is 0 Å². The molecule has 0 spiro atoms. The van der Waals surface area contributed by atoms with Gasteiger partial charge in [0.25, 0.3) is 5.91 Å². The molecular formula is C20H19F4N5O2S. The normalized spacial score (nSPS) is 27.9. The van der Waals surface area contributed by atoms with Gasteiger partial charge in [0.05, 0.1) is 25.1 Å². The maximum atomic E-state index is 16.1. The number of nitrogens with one attached hydrogen (secondary N) is 1. The van der Waals surface area contributed by atoms with Gasteiger partial charge in [0.1, 0.15) is 11.2 Å². The molecule has 32 heavy (non-hydrogen) atoms. The van der Waals surface area contributed by atoms with Gasteiger partial charge in [-0.1, -0.05) is 23.9 Å². The summed E-state index contributed by atoms with van der Waals surface area (Å²) in [6.07, 6.45) is -3.58. The zero-order valence-corrected chi connectivity index (χ0v) is 17.6. The van der Waals surface area contributed by atoms with E-state index >= 15 is 4.39 Å². The number of hydrogen-bond acceptors (Lipinski definition) is 7. The topological polar surface area (TPSA) is 102 Å². The number of halogens is 4. The van der Waals surface area contributed by atoms with E-state index in [-0.39, 0.29) is 41.4 Å². The minimum Gasteiger partial charge on any atom is -0.379 e. The zero-order chi connectivity index (χ0) is 23.1. The van der Waals surface area contributed by atoms with Crippen molar-refractivity contribution in [3.8, 4) is 0 Å². The molecule has 2 aliphatic rings. The average Bonchev–Trinajstić information content (AvgIpc) is 2.74. The Labute approximate surface area is 184 Å². The number of aliphatic imine (C=N–C) groups is 1. The van der Waals surface area contributed by atoms with Crippen LogP contribution in [0.5, 0.6) is 0 Å². The van der Waals surface area contributed by atoms with Gasteiger partial charge in [0.2, 0.25) is 0 Å². The fraction of sp³-hybridized carbons (Fsp3) is 0.400. The van der Waals surface area contributed by atoms with Crippen LogP contribution in [0.1, 0.15) is 35.1 Å². The lowest BCUT2D eigenvalue weighted by atomic mass is 9.73. The number of fused-ring (bicyclic) bond motifs is 1. The van der Waals surface area contributed by atoms with E-state index in [4.69, 9.17) is 10.5 Å². The number of thioether (sulfide) groups is 1. The number of carbonyl (C=O) groups excluding carboxylic acids is 1. The first kappa shape index (κ1) is 22.5. The van der Waals surface area contributed by atoms with Crippen molar-refractivity contribution in [2.75, 3.05) is 17.7 Å². The molecule has 7 nitrogen and oxygen atoms in total. The standard InChI is InChI=1S/C20H19F4N5O2S/c1-11-6-18(21)10-32-17(25)29-19(18,9-31-11)12-3-2-4-13(5-12)28-16(30)14-7-27-15(8-26-14)20(22,23)24/h2-5,7-8,11H,6,9-10H2,1H3,(H2,25,29)(H,28,30)/t11-,18+,19+/m0/s1. The minimum absolute atomic E-state index is 0.0201. The van der Waals surface area contributed by atoms with Gasteiger partial charge < -0.3 is 15.8 Å². The minimum atomic E-state index is -4.66. The Morgan fingerprint density at radius 2 is 2.09 bits per heavy atom. The molecule has 170 valence electrons. The highest BCUT2D eigenvalue weighted by atomic mass is 32.2. The second kappa shape index (κ2) is 8.00. The Balaban J connectivity index is 1.62. The monoisotopic (exact) mass is 469 g/mol. The van der Waals surface area contributed by atoms with Crippen molar-refractivity contribution in [3.63, 3.8) is 0 Å². The molecule has 2 aromatic rings. The van der Waals surface area contributed by atoms with Crippen molar-refractivity contribution in [2.24, 2.45) is 10.7 Å². The van der Waals surface area contributed by atoms with Crippen molar-refractivity contribution in [3.05, 3.63) is 53.6 Å². The zero-order valence-electron chi connectivity index (χ0n) is 16.8. The summed E-state index contributed by atoms with van der Waals surface area (Å²) in [7, 11) is 0. The number of ether oxygens (including phenoxy) is 1. The van der Waals surface area contributed by atoms with Crippen molar-refractivity contribution in [1.82, 2.24) is 9.97 Å². The second-order valence-corrected chi connectivity index (χ2v) is 8.71.